The van der Waals surface area contributed by atoms with Crippen molar-refractivity contribution in [2.24, 2.45) is 0 Å². The number of aromatic nitrogens is 2. The van der Waals surface area contributed by atoms with Gasteiger partial charge in [0.15, 0.2) is 0 Å². The Morgan fingerprint density at radius 3 is 2.67 bits per heavy atom. The van der Waals surface area contributed by atoms with Crippen LogP contribution in [0.3, 0.4) is 0 Å². The van der Waals surface area contributed by atoms with Crippen LogP contribution >= 0.6 is 11.8 Å². The van der Waals surface area contributed by atoms with Gasteiger partial charge in [-0.15, -0.1) is 11.8 Å². The maximum Gasteiger partial charge on any atom is 0.130 e. The minimum atomic E-state index is 0.192. The van der Waals surface area contributed by atoms with Gasteiger partial charge in [0, 0.05) is 17.7 Å². The van der Waals surface area contributed by atoms with Crippen LogP contribution in [0.15, 0.2) is 35.4 Å². The normalized spacial score (nSPS) is 10.6. The molecule has 0 aliphatic rings. The van der Waals surface area contributed by atoms with E-state index < -0.39 is 0 Å². The molecule has 2 aromatic rings. The largest absolute Gasteiger partial charge is 0.342 e. The third kappa shape index (κ3) is 3.23. The quantitative estimate of drug-likeness (QED) is 0.839. The second-order valence-corrected chi connectivity index (χ2v) is 5.05. The highest BCUT2D eigenvalue weighted by atomic mass is 32.2. The van der Waals surface area contributed by atoms with Gasteiger partial charge in [-0.25, -0.2) is 4.98 Å². The fourth-order valence-corrected chi connectivity index (χ4v) is 2.11. The maximum absolute atomic E-state index is 10.9. The topological polar surface area (TPSA) is 45.8 Å². The van der Waals surface area contributed by atoms with E-state index in [0.29, 0.717) is 12.8 Å². The zero-order valence-corrected chi connectivity index (χ0v) is 11.4. The second kappa shape index (κ2) is 5.87. The van der Waals surface area contributed by atoms with Crippen molar-refractivity contribution in [1.82, 2.24) is 9.97 Å². The Kier molecular flexibility index (Phi) is 4.20. The van der Waals surface area contributed by atoms with Crippen LogP contribution in [0.2, 0.25) is 0 Å². The molecule has 1 N–H and O–H groups in total. The number of carbonyl (C=O) groups excluding carboxylic acids is 1. The van der Waals surface area contributed by atoms with E-state index in [9.17, 15) is 4.79 Å². The van der Waals surface area contributed by atoms with E-state index >= 15 is 0 Å². The Labute approximate surface area is 111 Å². The van der Waals surface area contributed by atoms with Crippen LogP contribution in [0.5, 0.6) is 0 Å². The number of carbonyl (C=O) groups is 1. The molecule has 2 rings (SSSR count). The summed E-state index contributed by atoms with van der Waals surface area (Å²) in [4.78, 5) is 19.7. The number of ketones is 1. The number of hydrogen-bond acceptors (Lipinski definition) is 3. The van der Waals surface area contributed by atoms with E-state index in [1.807, 2.05) is 6.20 Å². The molecule has 0 saturated carbocycles. The van der Waals surface area contributed by atoms with Gasteiger partial charge in [-0.05, 0) is 30.9 Å². The summed E-state index contributed by atoms with van der Waals surface area (Å²) in [7, 11) is 0. The van der Waals surface area contributed by atoms with Gasteiger partial charge >= 0.3 is 0 Å². The minimum absolute atomic E-state index is 0.192. The van der Waals surface area contributed by atoms with Crippen molar-refractivity contribution < 1.29 is 4.79 Å². The maximum atomic E-state index is 10.9. The lowest BCUT2D eigenvalue weighted by molar-refractivity contribution is -0.117. The lowest BCUT2D eigenvalue weighted by Crippen LogP contribution is -1.95. The molecular weight excluding hydrogens is 244 g/mol. The number of aryl methyl sites for hydroxylation is 1. The Balaban J connectivity index is 2.10. The van der Waals surface area contributed by atoms with E-state index in [1.165, 1.54) is 4.90 Å². The summed E-state index contributed by atoms with van der Waals surface area (Å²) in [6, 6.07) is 8.34. The molecule has 0 unspecified atom stereocenters. The van der Waals surface area contributed by atoms with Gasteiger partial charge in [-0.2, -0.15) is 0 Å². The van der Waals surface area contributed by atoms with Crippen molar-refractivity contribution >= 4 is 17.5 Å². The number of nitrogens with one attached hydrogen (secondary N) is 1. The lowest BCUT2D eigenvalue weighted by Gasteiger charge is -1.99. The molecule has 0 bridgehead atoms. The van der Waals surface area contributed by atoms with Gasteiger partial charge in [-0.3, -0.25) is 0 Å². The lowest BCUT2D eigenvalue weighted by atomic mass is 10.2. The highest BCUT2D eigenvalue weighted by molar-refractivity contribution is 7.98. The monoisotopic (exact) mass is 260 g/mol. The van der Waals surface area contributed by atoms with Gasteiger partial charge in [0.2, 0.25) is 0 Å². The summed E-state index contributed by atoms with van der Waals surface area (Å²) in [6.45, 7) is 1.60. The molecule has 4 heteroatoms. The van der Waals surface area contributed by atoms with Gasteiger partial charge in [0.05, 0.1) is 11.9 Å². The van der Waals surface area contributed by atoms with Crippen LogP contribution in [-0.4, -0.2) is 22.0 Å². The smallest absolute Gasteiger partial charge is 0.130 e. The number of imidazole rings is 1. The van der Waals surface area contributed by atoms with Gasteiger partial charge in [0.1, 0.15) is 11.6 Å². The Morgan fingerprint density at radius 1 is 1.33 bits per heavy atom. The molecule has 0 atom stereocenters. The number of H-pyrrole nitrogens is 1. The summed E-state index contributed by atoms with van der Waals surface area (Å²) in [5.41, 5.74) is 2.12. The molecule has 1 aromatic carbocycles. The highest BCUT2D eigenvalue weighted by Gasteiger charge is 2.04. The summed E-state index contributed by atoms with van der Waals surface area (Å²) < 4.78 is 0. The molecule has 0 spiro atoms. The SMILES string of the molecule is CSc1ccc(-c2cnc(CCC(C)=O)[nH]2)cc1. The fraction of sp³-hybridized carbons (Fsp3) is 0.286. The standard InChI is InChI=1S/C14H16N2OS/c1-10(17)3-8-14-15-9-13(16-14)11-4-6-12(18-2)7-5-11/h4-7,9H,3,8H2,1-2H3,(H,15,16). The van der Waals surface area contributed by atoms with Crippen molar-refractivity contribution in [2.45, 2.75) is 24.7 Å². The van der Waals surface area contributed by atoms with Crippen LogP contribution in [0.4, 0.5) is 0 Å². The van der Waals surface area contributed by atoms with Crippen molar-refractivity contribution in [3.05, 3.63) is 36.3 Å². The summed E-state index contributed by atoms with van der Waals surface area (Å²) >= 11 is 1.73. The van der Waals surface area contributed by atoms with E-state index in [-0.39, 0.29) is 5.78 Å². The zero-order chi connectivity index (χ0) is 13.0. The van der Waals surface area contributed by atoms with Crippen LogP contribution in [0.1, 0.15) is 19.2 Å². The summed E-state index contributed by atoms with van der Waals surface area (Å²) in [5.74, 6) is 1.06. The summed E-state index contributed by atoms with van der Waals surface area (Å²) in [6.07, 6.45) is 5.10. The fourth-order valence-electron chi connectivity index (χ4n) is 1.70. The van der Waals surface area contributed by atoms with E-state index in [4.69, 9.17) is 0 Å². The molecular formula is C14H16N2OS. The molecule has 0 saturated heterocycles. The van der Waals surface area contributed by atoms with Gasteiger partial charge in [-0.1, -0.05) is 12.1 Å². The Bertz CT molecular complexity index is 531. The second-order valence-electron chi connectivity index (χ2n) is 4.17. The van der Waals surface area contributed by atoms with Crippen molar-refractivity contribution in [3.63, 3.8) is 0 Å². The molecule has 94 valence electrons. The number of nitrogens with zero attached hydrogens (tertiary/aromatic N) is 1. The molecule has 18 heavy (non-hydrogen) atoms. The van der Waals surface area contributed by atoms with Crippen molar-refractivity contribution in [3.8, 4) is 11.3 Å². The first-order valence-corrected chi connectivity index (χ1v) is 7.09. The number of thioether (sulfide) groups is 1. The van der Waals surface area contributed by atoms with Gasteiger partial charge in [0.25, 0.3) is 0 Å². The van der Waals surface area contributed by atoms with Crippen LogP contribution in [-0.2, 0) is 11.2 Å². The molecule has 1 heterocycles. The average molecular weight is 260 g/mol. The predicted molar refractivity (Wildman–Crippen MR) is 74.8 cm³/mol. The third-order valence-corrected chi connectivity index (χ3v) is 3.49. The van der Waals surface area contributed by atoms with Gasteiger partial charge < -0.3 is 9.78 Å². The third-order valence-electron chi connectivity index (χ3n) is 2.74. The van der Waals surface area contributed by atoms with Crippen LogP contribution < -0.4 is 0 Å². The first kappa shape index (κ1) is 12.9. The van der Waals surface area contributed by atoms with Crippen molar-refractivity contribution in [1.29, 1.82) is 0 Å². The number of hydrogen-bond donors (Lipinski definition) is 1. The Morgan fingerprint density at radius 2 is 2.06 bits per heavy atom. The number of aromatic amines is 1. The van der Waals surface area contributed by atoms with Crippen LogP contribution in [0, 0.1) is 0 Å². The first-order chi connectivity index (χ1) is 8.69. The number of rotatable bonds is 5. The molecule has 0 amide bonds. The molecule has 1 aromatic heterocycles. The van der Waals surface area contributed by atoms with E-state index in [1.54, 1.807) is 18.7 Å². The average Bonchev–Trinajstić information content (AvgIpc) is 2.85. The number of benzene rings is 1. The predicted octanol–water partition coefficient (Wildman–Crippen LogP) is 3.32. The molecule has 0 radical (unpaired) electrons. The minimum Gasteiger partial charge on any atom is -0.342 e. The van der Waals surface area contributed by atoms with E-state index in [0.717, 1.165) is 17.1 Å². The molecule has 0 aliphatic carbocycles. The molecule has 0 aliphatic heterocycles. The highest BCUT2D eigenvalue weighted by Crippen LogP contribution is 2.21. The summed E-state index contributed by atoms with van der Waals surface area (Å²) in [5, 5.41) is 0. The number of Topliss-reactive ketones (excluding diaryl/α,β-unsaturated/α-hetero) is 1. The van der Waals surface area contributed by atoms with Crippen molar-refractivity contribution in [2.75, 3.05) is 6.26 Å². The molecule has 3 nitrogen and oxygen atoms in total. The first-order valence-electron chi connectivity index (χ1n) is 5.87. The van der Waals surface area contributed by atoms with Crippen LogP contribution in [0.25, 0.3) is 11.3 Å². The zero-order valence-electron chi connectivity index (χ0n) is 10.6. The Hall–Kier alpha value is -1.55. The van der Waals surface area contributed by atoms with E-state index in [2.05, 4.69) is 40.5 Å². The molecule has 0 fully saturated rings.